The van der Waals surface area contributed by atoms with Crippen molar-refractivity contribution in [1.29, 1.82) is 0 Å². The van der Waals surface area contributed by atoms with Crippen LogP contribution in [-0.2, 0) is 9.53 Å². The van der Waals surface area contributed by atoms with Gasteiger partial charge in [-0.25, -0.2) is 4.79 Å². The summed E-state index contributed by atoms with van der Waals surface area (Å²) in [4.78, 5) is 27.6. The second-order valence-corrected chi connectivity index (χ2v) is 6.54. The van der Waals surface area contributed by atoms with Gasteiger partial charge in [0.2, 0.25) is 0 Å². The van der Waals surface area contributed by atoms with Crippen LogP contribution in [0.4, 0.5) is 11.4 Å². The molecule has 0 amide bonds. The molecule has 0 aliphatic carbocycles. The van der Waals surface area contributed by atoms with Gasteiger partial charge in [-0.15, -0.1) is 0 Å². The van der Waals surface area contributed by atoms with E-state index in [1.807, 2.05) is 31.2 Å². The number of pyridine rings is 1. The number of hydrogen-bond acceptors (Lipinski definition) is 6. The Labute approximate surface area is 160 Å². The van der Waals surface area contributed by atoms with E-state index in [-0.39, 0.29) is 5.69 Å². The van der Waals surface area contributed by atoms with E-state index in [1.54, 1.807) is 18.3 Å². The number of ether oxygens (including phenoxy) is 1. The highest BCUT2D eigenvalue weighted by molar-refractivity contribution is 6.00. The number of benzene rings is 2. The first-order valence-corrected chi connectivity index (χ1v) is 8.69. The van der Waals surface area contributed by atoms with Crippen molar-refractivity contribution in [2.45, 2.75) is 12.8 Å². The number of carbonyl (C=O) groups excluding carboxylic acids is 1. The monoisotopic (exact) mass is 375 g/mol. The predicted molar refractivity (Wildman–Crippen MR) is 105 cm³/mol. The third-order valence-corrected chi connectivity index (χ3v) is 4.97. The topological polar surface area (TPSA) is 94.4 Å². The van der Waals surface area contributed by atoms with Gasteiger partial charge in [0.15, 0.2) is 0 Å². The van der Waals surface area contributed by atoms with Crippen molar-refractivity contribution in [1.82, 2.24) is 4.98 Å². The molecule has 0 fully saturated rings. The number of aromatic nitrogens is 1. The molecule has 1 atom stereocenters. The van der Waals surface area contributed by atoms with E-state index >= 15 is 0 Å². The van der Waals surface area contributed by atoms with Crippen LogP contribution in [0.5, 0.6) is 0 Å². The maximum atomic E-state index is 12.6. The fourth-order valence-electron chi connectivity index (χ4n) is 3.68. The number of non-ortho nitro benzene ring substituents is 1. The van der Waals surface area contributed by atoms with Gasteiger partial charge in [-0.05, 0) is 24.1 Å². The zero-order chi connectivity index (χ0) is 19.8. The fourth-order valence-corrected chi connectivity index (χ4v) is 3.68. The molecule has 3 aromatic rings. The molecule has 4 rings (SSSR count). The van der Waals surface area contributed by atoms with E-state index in [4.69, 9.17) is 4.74 Å². The molecule has 1 N–H and O–H groups in total. The summed E-state index contributed by atoms with van der Waals surface area (Å²) in [5.74, 6) is -0.865. The van der Waals surface area contributed by atoms with E-state index in [0.29, 0.717) is 11.3 Å². The maximum Gasteiger partial charge on any atom is 0.336 e. The minimum Gasteiger partial charge on any atom is -0.466 e. The molecule has 0 saturated carbocycles. The van der Waals surface area contributed by atoms with Crippen molar-refractivity contribution in [3.63, 3.8) is 0 Å². The summed E-state index contributed by atoms with van der Waals surface area (Å²) < 4.78 is 5.02. The zero-order valence-corrected chi connectivity index (χ0v) is 15.3. The lowest BCUT2D eigenvalue weighted by atomic mass is 9.80. The van der Waals surface area contributed by atoms with Crippen molar-refractivity contribution >= 4 is 28.2 Å². The zero-order valence-electron chi connectivity index (χ0n) is 15.3. The number of nitrogens with one attached hydrogen (secondary N) is 1. The minimum atomic E-state index is -0.445. The van der Waals surface area contributed by atoms with Crippen LogP contribution in [0, 0.1) is 10.1 Å². The molecule has 7 nitrogen and oxygen atoms in total. The van der Waals surface area contributed by atoms with Crippen molar-refractivity contribution in [3.8, 4) is 0 Å². The summed E-state index contributed by atoms with van der Waals surface area (Å²) in [5, 5.41) is 15.3. The Kier molecular flexibility index (Phi) is 4.27. The number of nitro benzene ring substituents is 1. The van der Waals surface area contributed by atoms with Crippen LogP contribution in [0.2, 0.25) is 0 Å². The molecule has 0 saturated heterocycles. The van der Waals surface area contributed by atoms with Crippen LogP contribution < -0.4 is 5.32 Å². The van der Waals surface area contributed by atoms with Gasteiger partial charge in [-0.2, -0.15) is 0 Å². The molecule has 28 heavy (non-hydrogen) atoms. The average Bonchev–Trinajstić information content (AvgIpc) is 2.72. The van der Waals surface area contributed by atoms with Crippen molar-refractivity contribution in [2.24, 2.45) is 0 Å². The standard InChI is InChI=1S/C21H17N3O4/c1-12-17(21(25)28-2)18(13-5-8-15(9-6-13)24(26)27)16-10-7-14-4-3-11-22-19(14)20(16)23-12/h3-11,18,23H,1-2H3. The Morgan fingerprint density at radius 3 is 2.61 bits per heavy atom. The van der Waals surface area contributed by atoms with Gasteiger partial charge in [-0.3, -0.25) is 15.1 Å². The lowest BCUT2D eigenvalue weighted by Gasteiger charge is -2.30. The van der Waals surface area contributed by atoms with Crippen molar-refractivity contribution in [3.05, 3.63) is 87.2 Å². The molecule has 1 unspecified atom stereocenters. The Morgan fingerprint density at radius 1 is 1.18 bits per heavy atom. The van der Waals surface area contributed by atoms with Gasteiger partial charge in [0.05, 0.1) is 28.8 Å². The molecule has 7 heteroatoms. The first kappa shape index (κ1) is 17.7. The summed E-state index contributed by atoms with van der Waals surface area (Å²) in [6.45, 7) is 1.81. The molecule has 2 heterocycles. The van der Waals surface area contributed by atoms with Gasteiger partial charge in [0.1, 0.15) is 0 Å². The van der Waals surface area contributed by atoms with E-state index < -0.39 is 16.8 Å². The molecule has 140 valence electrons. The Hall–Kier alpha value is -3.74. The lowest BCUT2D eigenvalue weighted by molar-refractivity contribution is -0.384. The highest BCUT2D eigenvalue weighted by atomic mass is 16.6. The molecule has 1 aliphatic heterocycles. The highest BCUT2D eigenvalue weighted by Crippen LogP contribution is 2.44. The second-order valence-electron chi connectivity index (χ2n) is 6.54. The summed E-state index contributed by atoms with van der Waals surface area (Å²) >= 11 is 0. The molecule has 0 bridgehead atoms. The van der Waals surface area contributed by atoms with E-state index in [0.717, 1.165) is 27.7 Å². The number of rotatable bonds is 3. The molecule has 1 aliphatic rings. The quantitative estimate of drug-likeness (QED) is 0.420. The van der Waals surface area contributed by atoms with Crippen molar-refractivity contribution in [2.75, 3.05) is 12.4 Å². The summed E-state index contributed by atoms with van der Waals surface area (Å²) in [5.41, 5.74) is 4.40. The molecular weight excluding hydrogens is 358 g/mol. The van der Waals surface area contributed by atoms with Crippen LogP contribution in [-0.4, -0.2) is 23.0 Å². The summed E-state index contributed by atoms with van der Waals surface area (Å²) in [7, 11) is 1.34. The largest absolute Gasteiger partial charge is 0.466 e. The number of allylic oxidation sites excluding steroid dienone is 1. The molecule has 0 spiro atoms. The molecule has 0 radical (unpaired) electrons. The smallest absolute Gasteiger partial charge is 0.336 e. The van der Waals surface area contributed by atoms with Crippen molar-refractivity contribution < 1.29 is 14.5 Å². The van der Waals surface area contributed by atoms with Gasteiger partial charge >= 0.3 is 5.97 Å². The number of carbonyl (C=O) groups is 1. The maximum absolute atomic E-state index is 12.6. The predicted octanol–water partition coefficient (Wildman–Crippen LogP) is 4.15. The molecular formula is C21H17N3O4. The third-order valence-electron chi connectivity index (χ3n) is 4.97. The van der Waals surface area contributed by atoms with Gasteiger partial charge in [0.25, 0.3) is 5.69 Å². The number of esters is 1. The van der Waals surface area contributed by atoms with E-state index in [9.17, 15) is 14.9 Å². The highest BCUT2D eigenvalue weighted by Gasteiger charge is 2.34. The van der Waals surface area contributed by atoms with Crippen LogP contribution in [0.1, 0.15) is 24.0 Å². The second kappa shape index (κ2) is 6.77. The minimum absolute atomic E-state index is 0.00148. The number of anilines is 1. The van der Waals surface area contributed by atoms with Crippen LogP contribution >= 0.6 is 0 Å². The summed E-state index contributed by atoms with van der Waals surface area (Å²) in [6.07, 6.45) is 1.72. The Morgan fingerprint density at radius 2 is 1.93 bits per heavy atom. The van der Waals surface area contributed by atoms with Crippen LogP contribution in [0.3, 0.4) is 0 Å². The van der Waals surface area contributed by atoms with Crippen LogP contribution in [0.15, 0.2) is 66.0 Å². The fraction of sp³-hybridized carbons (Fsp3) is 0.143. The Bertz CT molecular complexity index is 1140. The van der Waals surface area contributed by atoms with E-state index in [2.05, 4.69) is 10.3 Å². The molecule has 2 aromatic carbocycles. The Balaban J connectivity index is 1.96. The first-order valence-electron chi connectivity index (χ1n) is 8.69. The SMILES string of the molecule is COC(=O)C1=C(C)Nc2c(ccc3cccnc23)C1c1ccc([N+](=O)[O-])cc1. The number of fused-ring (bicyclic) bond motifs is 3. The number of nitro groups is 1. The summed E-state index contributed by atoms with van der Waals surface area (Å²) in [6, 6.07) is 14.0. The van der Waals surface area contributed by atoms with Crippen LogP contribution in [0.25, 0.3) is 10.9 Å². The number of methoxy groups -OCH3 is 1. The number of nitrogens with zero attached hydrogens (tertiary/aromatic N) is 2. The normalized spacial score (nSPS) is 15.7. The van der Waals surface area contributed by atoms with Gasteiger partial charge < -0.3 is 10.1 Å². The third kappa shape index (κ3) is 2.77. The average molecular weight is 375 g/mol. The number of hydrogen-bond donors (Lipinski definition) is 1. The molecule has 1 aromatic heterocycles. The van der Waals surface area contributed by atoms with Gasteiger partial charge in [0, 0.05) is 35.3 Å². The van der Waals surface area contributed by atoms with E-state index in [1.165, 1.54) is 19.2 Å². The van der Waals surface area contributed by atoms with Gasteiger partial charge in [-0.1, -0.05) is 30.3 Å². The lowest BCUT2D eigenvalue weighted by Crippen LogP contribution is -2.24. The first-order chi connectivity index (χ1) is 13.5.